The lowest BCUT2D eigenvalue weighted by molar-refractivity contribution is 0.216. The number of hydrogen-bond acceptors (Lipinski definition) is 1. The van der Waals surface area contributed by atoms with Crippen LogP contribution in [0.2, 0.25) is 0 Å². The molecule has 0 saturated heterocycles. The lowest BCUT2D eigenvalue weighted by Gasteiger charge is -2.35. The maximum absolute atomic E-state index is 3.88. The van der Waals surface area contributed by atoms with Gasteiger partial charge in [0.1, 0.15) is 0 Å². The van der Waals surface area contributed by atoms with Crippen LogP contribution in [0.4, 0.5) is 0 Å². The van der Waals surface area contributed by atoms with Crippen LogP contribution in [0.15, 0.2) is 24.3 Å². The quantitative estimate of drug-likeness (QED) is 0.768. The third kappa shape index (κ3) is 4.85. The molecule has 0 radical (unpaired) electrons. The molecular weight excluding hydrogens is 254 g/mol. The van der Waals surface area contributed by atoms with Gasteiger partial charge in [-0.3, -0.25) is 0 Å². The Morgan fingerprint density at radius 1 is 1.05 bits per heavy atom. The van der Waals surface area contributed by atoms with Crippen molar-refractivity contribution < 1.29 is 0 Å². The maximum Gasteiger partial charge on any atom is 0.0294 e. The fourth-order valence-corrected chi connectivity index (χ4v) is 3.60. The van der Waals surface area contributed by atoms with Crippen molar-refractivity contribution in [3.05, 3.63) is 35.4 Å². The van der Waals surface area contributed by atoms with Crippen molar-refractivity contribution in [3.8, 4) is 0 Å². The molecule has 0 spiro atoms. The Labute approximate surface area is 131 Å². The highest BCUT2D eigenvalue weighted by atomic mass is 15.0. The molecule has 1 heteroatoms. The van der Waals surface area contributed by atoms with Gasteiger partial charge in [0.15, 0.2) is 0 Å². The molecule has 1 nitrogen and oxygen atoms in total. The first-order valence-corrected chi connectivity index (χ1v) is 8.80. The predicted octanol–water partition coefficient (Wildman–Crippen LogP) is 5.36. The maximum atomic E-state index is 3.88. The summed E-state index contributed by atoms with van der Waals surface area (Å²) in [6.07, 6.45) is 5.28. The molecule has 1 aliphatic carbocycles. The zero-order chi connectivity index (χ0) is 15.4. The van der Waals surface area contributed by atoms with E-state index in [0.717, 1.165) is 17.8 Å². The summed E-state index contributed by atoms with van der Waals surface area (Å²) in [5.74, 6) is 2.42. The van der Waals surface area contributed by atoms with E-state index in [1.165, 1.54) is 36.8 Å². The molecule has 2 rings (SSSR count). The summed E-state index contributed by atoms with van der Waals surface area (Å²) in [6.45, 7) is 11.7. The van der Waals surface area contributed by atoms with Crippen LogP contribution in [0.3, 0.4) is 0 Å². The Morgan fingerprint density at radius 3 is 2.33 bits per heavy atom. The molecule has 0 bridgehead atoms. The third-order valence-electron chi connectivity index (χ3n) is 5.05. The van der Waals surface area contributed by atoms with Gasteiger partial charge in [0, 0.05) is 12.1 Å². The van der Waals surface area contributed by atoms with Crippen LogP contribution < -0.4 is 5.32 Å². The van der Waals surface area contributed by atoms with Crippen molar-refractivity contribution in [2.75, 3.05) is 0 Å². The van der Waals surface area contributed by atoms with E-state index in [-0.39, 0.29) is 0 Å². The Balaban J connectivity index is 1.94. The highest BCUT2D eigenvalue weighted by Crippen LogP contribution is 2.30. The van der Waals surface area contributed by atoms with Crippen molar-refractivity contribution in [3.63, 3.8) is 0 Å². The Hall–Kier alpha value is -0.820. The van der Waals surface area contributed by atoms with Gasteiger partial charge in [0.25, 0.3) is 0 Å². The van der Waals surface area contributed by atoms with E-state index in [9.17, 15) is 0 Å². The summed E-state index contributed by atoms with van der Waals surface area (Å²) in [5.41, 5.74) is 2.88. The minimum Gasteiger partial charge on any atom is -0.307 e. The fourth-order valence-electron chi connectivity index (χ4n) is 3.60. The molecule has 4 unspecified atom stereocenters. The first kappa shape index (κ1) is 16.5. The molecule has 118 valence electrons. The van der Waals surface area contributed by atoms with Crippen LogP contribution in [0, 0.1) is 17.8 Å². The first-order valence-electron chi connectivity index (χ1n) is 8.80. The van der Waals surface area contributed by atoms with Gasteiger partial charge in [0.05, 0.1) is 0 Å². The van der Waals surface area contributed by atoms with Gasteiger partial charge in [-0.1, -0.05) is 58.4 Å². The largest absolute Gasteiger partial charge is 0.307 e. The average Bonchev–Trinajstić information content (AvgIpc) is 2.43. The normalized spacial score (nSPS) is 27.8. The zero-order valence-electron chi connectivity index (χ0n) is 14.5. The van der Waals surface area contributed by atoms with Crippen LogP contribution in [0.25, 0.3) is 0 Å². The molecular formula is C20H33N. The molecule has 1 aromatic rings. The van der Waals surface area contributed by atoms with E-state index in [1.807, 2.05) is 0 Å². The topological polar surface area (TPSA) is 12.0 Å². The van der Waals surface area contributed by atoms with E-state index in [1.54, 1.807) is 0 Å². The molecule has 0 amide bonds. The smallest absolute Gasteiger partial charge is 0.0294 e. The van der Waals surface area contributed by atoms with Gasteiger partial charge >= 0.3 is 0 Å². The van der Waals surface area contributed by atoms with Crippen molar-refractivity contribution in [2.45, 2.75) is 72.4 Å². The second kappa shape index (κ2) is 7.45. The summed E-state index contributed by atoms with van der Waals surface area (Å²) in [4.78, 5) is 0. The number of benzene rings is 1. The van der Waals surface area contributed by atoms with Gasteiger partial charge < -0.3 is 5.32 Å². The van der Waals surface area contributed by atoms with Gasteiger partial charge in [-0.25, -0.2) is 0 Å². The Bertz CT molecular complexity index is 420. The van der Waals surface area contributed by atoms with E-state index < -0.39 is 0 Å². The van der Waals surface area contributed by atoms with Crippen LogP contribution in [0.1, 0.15) is 71.0 Å². The molecule has 1 fully saturated rings. The van der Waals surface area contributed by atoms with Crippen LogP contribution in [0.5, 0.6) is 0 Å². The second-order valence-electron chi connectivity index (χ2n) is 7.73. The summed E-state index contributed by atoms with van der Waals surface area (Å²) in [5, 5.41) is 3.88. The monoisotopic (exact) mass is 287 g/mol. The highest BCUT2D eigenvalue weighted by molar-refractivity contribution is 5.25. The first-order chi connectivity index (χ1) is 9.95. The summed E-state index contributed by atoms with van der Waals surface area (Å²) < 4.78 is 0. The average molecular weight is 287 g/mol. The van der Waals surface area contributed by atoms with Crippen molar-refractivity contribution in [1.29, 1.82) is 0 Å². The zero-order valence-corrected chi connectivity index (χ0v) is 14.5. The Kier molecular flexibility index (Phi) is 5.87. The number of hydrogen-bond donors (Lipinski definition) is 1. The van der Waals surface area contributed by atoms with Crippen LogP contribution in [-0.2, 0) is 6.42 Å². The van der Waals surface area contributed by atoms with Crippen LogP contribution in [-0.4, -0.2) is 6.04 Å². The number of nitrogens with one attached hydrogen (secondary N) is 1. The Morgan fingerprint density at radius 2 is 1.71 bits per heavy atom. The summed E-state index contributed by atoms with van der Waals surface area (Å²) in [7, 11) is 0. The number of rotatable bonds is 5. The minimum atomic E-state index is 0.454. The second-order valence-corrected chi connectivity index (χ2v) is 7.73. The lowest BCUT2D eigenvalue weighted by atomic mass is 9.79. The molecule has 1 aliphatic rings. The SMILES string of the molecule is CC(C)Cc1ccc(C(C)NC2CC(C)CCC2C)cc1. The van der Waals surface area contributed by atoms with E-state index in [4.69, 9.17) is 0 Å². The molecule has 1 N–H and O–H groups in total. The lowest BCUT2D eigenvalue weighted by Crippen LogP contribution is -2.40. The molecule has 1 aromatic carbocycles. The third-order valence-corrected chi connectivity index (χ3v) is 5.05. The highest BCUT2D eigenvalue weighted by Gasteiger charge is 2.26. The van der Waals surface area contributed by atoms with Gasteiger partial charge in [-0.05, 0) is 55.1 Å². The predicted molar refractivity (Wildman–Crippen MR) is 92.5 cm³/mol. The van der Waals surface area contributed by atoms with Gasteiger partial charge in [0.2, 0.25) is 0 Å². The van der Waals surface area contributed by atoms with Gasteiger partial charge in [-0.15, -0.1) is 0 Å². The molecule has 21 heavy (non-hydrogen) atoms. The van der Waals surface area contributed by atoms with Crippen LogP contribution >= 0.6 is 0 Å². The van der Waals surface area contributed by atoms with Crippen molar-refractivity contribution in [2.24, 2.45) is 17.8 Å². The molecule has 0 aromatic heterocycles. The van der Waals surface area contributed by atoms with E-state index in [0.29, 0.717) is 12.1 Å². The van der Waals surface area contributed by atoms with Crippen molar-refractivity contribution >= 4 is 0 Å². The standard InChI is InChI=1S/C20H33N/c1-14(2)12-18-8-10-19(11-9-18)17(5)21-20-13-15(3)6-7-16(20)4/h8-11,14-17,20-21H,6-7,12-13H2,1-5H3. The molecule has 0 aliphatic heterocycles. The van der Waals surface area contributed by atoms with Gasteiger partial charge in [-0.2, -0.15) is 0 Å². The summed E-state index contributed by atoms with van der Waals surface area (Å²) in [6, 6.07) is 10.4. The van der Waals surface area contributed by atoms with E-state index >= 15 is 0 Å². The molecule has 0 heterocycles. The fraction of sp³-hybridized carbons (Fsp3) is 0.700. The molecule has 4 atom stereocenters. The molecule has 1 saturated carbocycles. The van der Waals surface area contributed by atoms with Crippen molar-refractivity contribution in [1.82, 2.24) is 5.32 Å². The summed E-state index contributed by atoms with van der Waals surface area (Å²) >= 11 is 0. The van der Waals surface area contributed by atoms with E-state index in [2.05, 4.69) is 64.2 Å². The minimum absolute atomic E-state index is 0.454.